The van der Waals surface area contributed by atoms with Gasteiger partial charge in [0.05, 0.1) is 29.0 Å². The van der Waals surface area contributed by atoms with Crippen LogP contribution in [0.4, 0.5) is 13.2 Å². The molecule has 1 aliphatic heterocycles. The quantitative estimate of drug-likeness (QED) is 0.874. The van der Waals surface area contributed by atoms with Crippen LogP contribution in [0.25, 0.3) is 5.69 Å². The molecule has 21 heavy (non-hydrogen) atoms. The first-order chi connectivity index (χ1) is 9.79. The number of halogens is 3. The smallest absolute Gasteiger partial charge is 0.323 e. The summed E-state index contributed by atoms with van der Waals surface area (Å²) in [5.41, 5.74) is 8.58. The second-order valence-corrected chi connectivity index (χ2v) is 5.62. The number of imidazole rings is 1. The van der Waals surface area contributed by atoms with E-state index in [0.29, 0.717) is 12.0 Å². The highest BCUT2D eigenvalue weighted by atomic mass is 19.4. The highest BCUT2D eigenvalue weighted by Crippen LogP contribution is 2.38. The van der Waals surface area contributed by atoms with E-state index in [4.69, 9.17) is 5.73 Å². The van der Waals surface area contributed by atoms with Gasteiger partial charge in [-0.3, -0.25) is 0 Å². The van der Waals surface area contributed by atoms with E-state index in [1.54, 1.807) is 6.33 Å². The predicted molar refractivity (Wildman–Crippen MR) is 73.3 cm³/mol. The molecule has 2 N–H and O–H groups in total. The van der Waals surface area contributed by atoms with Gasteiger partial charge in [0.2, 0.25) is 0 Å². The zero-order valence-corrected chi connectivity index (χ0v) is 11.8. The summed E-state index contributed by atoms with van der Waals surface area (Å²) < 4.78 is 40.3. The summed E-state index contributed by atoms with van der Waals surface area (Å²) in [6.07, 6.45) is -2.11. The third-order valence-electron chi connectivity index (χ3n) is 3.92. The molecule has 3 nitrogen and oxygen atoms in total. The largest absolute Gasteiger partial charge is 0.416 e. The lowest BCUT2D eigenvalue weighted by molar-refractivity contribution is -0.137. The normalized spacial score (nSPS) is 19.0. The fraction of sp³-hybridized carbons (Fsp3) is 0.400. The average molecular weight is 295 g/mol. The molecule has 0 bridgehead atoms. The fourth-order valence-corrected chi connectivity index (χ4v) is 2.99. The minimum absolute atomic E-state index is 0.0875. The number of aromatic nitrogens is 2. The first-order valence-electron chi connectivity index (χ1n) is 6.82. The summed E-state index contributed by atoms with van der Waals surface area (Å²) in [5, 5.41) is 0. The molecule has 3 rings (SSSR count). The summed E-state index contributed by atoms with van der Waals surface area (Å²) in [4.78, 5) is 4.33. The monoisotopic (exact) mass is 295 g/mol. The third kappa shape index (κ3) is 2.23. The molecule has 1 aliphatic rings. The maximum absolute atomic E-state index is 12.8. The van der Waals surface area contributed by atoms with E-state index in [2.05, 4.69) is 4.98 Å². The molecule has 0 amide bonds. The van der Waals surface area contributed by atoms with E-state index in [1.165, 1.54) is 12.1 Å². The summed E-state index contributed by atoms with van der Waals surface area (Å²) in [6.45, 7) is 3.85. The van der Waals surface area contributed by atoms with Crippen molar-refractivity contribution in [3.63, 3.8) is 0 Å². The van der Waals surface area contributed by atoms with Crippen LogP contribution >= 0.6 is 0 Å². The van der Waals surface area contributed by atoms with Crippen molar-refractivity contribution in [1.29, 1.82) is 0 Å². The molecule has 0 saturated heterocycles. The van der Waals surface area contributed by atoms with Gasteiger partial charge < -0.3 is 10.3 Å². The maximum Gasteiger partial charge on any atom is 0.416 e. The lowest BCUT2D eigenvalue weighted by Gasteiger charge is -2.26. The zero-order chi connectivity index (χ0) is 15.4. The van der Waals surface area contributed by atoms with Crippen LogP contribution < -0.4 is 5.73 Å². The number of rotatable bonds is 1. The lowest BCUT2D eigenvalue weighted by Crippen LogP contribution is -2.19. The second-order valence-electron chi connectivity index (χ2n) is 5.62. The molecule has 2 aromatic rings. The highest BCUT2D eigenvalue weighted by Gasteiger charge is 2.33. The van der Waals surface area contributed by atoms with Crippen molar-refractivity contribution >= 4 is 0 Å². The minimum Gasteiger partial charge on any atom is -0.323 e. The SMILES string of the molecule is CC(N)c1ncn2c1C(C)Cc1cc(C(F)(F)F)ccc1-2. The van der Waals surface area contributed by atoms with Crippen LogP contribution in [0.5, 0.6) is 0 Å². The number of nitrogens with two attached hydrogens (primary N) is 1. The molecular formula is C15H16F3N3. The van der Waals surface area contributed by atoms with Crippen molar-refractivity contribution in [2.45, 2.75) is 38.4 Å². The summed E-state index contributed by atoms with van der Waals surface area (Å²) in [7, 11) is 0. The van der Waals surface area contributed by atoms with Gasteiger partial charge in [-0.15, -0.1) is 0 Å². The van der Waals surface area contributed by atoms with E-state index < -0.39 is 11.7 Å². The number of benzene rings is 1. The Hall–Kier alpha value is -1.82. The zero-order valence-electron chi connectivity index (χ0n) is 11.8. The molecule has 1 aromatic carbocycles. The molecule has 0 saturated carbocycles. The maximum atomic E-state index is 12.8. The van der Waals surface area contributed by atoms with Crippen LogP contribution in [0.2, 0.25) is 0 Å². The number of fused-ring (bicyclic) bond motifs is 3. The van der Waals surface area contributed by atoms with E-state index >= 15 is 0 Å². The number of hydrogen-bond donors (Lipinski definition) is 1. The van der Waals surface area contributed by atoms with Gasteiger partial charge in [0, 0.05) is 12.0 Å². The molecule has 0 spiro atoms. The Morgan fingerprint density at radius 1 is 1.38 bits per heavy atom. The number of alkyl halides is 3. The van der Waals surface area contributed by atoms with Crippen LogP contribution in [-0.2, 0) is 12.6 Å². The molecule has 2 heterocycles. The number of hydrogen-bond acceptors (Lipinski definition) is 2. The molecule has 0 fully saturated rings. The van der Waals surface area contributed by atoms with Crippen LogP contribution in [0.1, 0.15) is 48.3 Å². The van der Waals surface area contributed by atoms with Crippen LogP contribution in [0.3, 0.4) is 0 Å². The molecule has 0 radical (unpaired) electrons. The van der Waals surface area contributed by atoms with Crippen LogP contribution in [-0.4, -0.2) is 9.55 Å². The van der Waals surface area contributed by atoms with Crippen LogP contribution in [0.15, 0.2) is 24.5 Å². The van der Waals surface area contributed by atoms with Gasteiger partial charge in [0.25, 0.3) is 0 Å². The topological polar surface area (TPSA) is 43.8 Å². The third-order valence-corrected chi connectivity index (χ3v) is 3.92. The Morgan fingerprint density at radius 2 is 2.10 bits per heavy atom. The molecular weight excluding hydrogens is 279 g/mol. The fourth-order valence-electron chi connectivity index (χ4n) is 2.99. The first kappa shape index (κ1) is 14.1. The van der Waals surface area contributed by atoms with Crippen LogP contribution in [0, 0.1) is 0 Å². The summed E-state index contributed by atoms with van der Waals surface area (Å²) in [5.74, 6) is 0.0875. The van der Waals surface area contributed by atoms with E-state index in [0.717, 1.165) is 23.1 Å². The highest BCUT2D eigenvalue weighted by molar-refractivity contribution is 5.50. The van der Waals surface area contributed by atoms with Gasteiger partial charge in [0.15, 0.2) is 0 Å². The molecule has 112 valence electrons. The van der Waals surface area contributed by atoms with E-state index in [-0.39, 0.29) is 12.0 Å². The molecule has 0 aliphatic carbocycles. The summed E-state index contributed by atoms with van der Waals surface area (Å²) in [6, 6.07) is 3.67. The Bertz CT molecular complexity index is 686. The lowest BCUT2D eigenvalue weighted by atomic mass is 9.89. The predicted octanol–water partition coefficient (Wildman–Crippen LogP) is 3.57. The minimum atomic E-state index is -4.32. The Morgan fingerprint density at radius 3 is 2.71 bits per heavy atom. The molecule has 2 atom stereocenters. The Kier molecular flexibility index (Phi) is 3.09. The Balaban J connectivity index is 2.15. The van der Waals surface area contributed by atoms with Gasteiger partial charge in [-0.2, -0.15) is 13.2 Å². The van der Waals surface area contributed by atoms with Crippen molar-refractivity contribution in [2.24, 2.45) is 5.73 Å². The van der Waals surface area contributed by atoms with Gasteiger partial charge in [-0.05, 0) is 37.1 Å². The molecule has 1 aromatic heterocycles. The van der Waals surface area contributed by atoms with Gasteiger partial charge >= 0.3 is 6.18 Å². The summed E-state index contributed by atoms with van der Waals surface area (Å²) >= 11 is 0. The standard InChI is InChI=1S/C15H16F3N3/c1-8-5-10-6-11(15(16,17)18)3-4-12(10)21-7-20-13(9(2)19)14(8)21/h3-4,6-9H,5,19H2,1-2H3. The van der Waals surface area contributed by atoms with Gasteiger partial charge in [0.1, 0.15) is 0 Å². The van der Waals surface area contributed by atoms with Crippen molar-refractivity contribution in [1.82, 2.24) is 9.55 Å². The second kappa shape index (κ2) is 4.59. The van der Waals surface area contributed by atoms with E-state index in [9.17, 15) is 13.2 Å². The van der Waals surface area contributed by atoms with Crippen molar-refractivity contribution < 1.29 is 13.2 Å². The molecule has 6 heteroatoms. The van der Waals surface area contributed by atoms with Crippen molar-refractivity contribution in [3.05, 3.63) is 47.0 Å². The van der Waals surface area contributed by atoms with Crippen molar-refractivity contribution in [3.8, 4) is 5.69 Å². The van der Waals surface area contributed by atoms with Crippen molar-refractivity contribution in [2.75, 3.05) is 0 Å². The number of nitrogens with zero attached hydrogens (tertiary/aromatic N) is 2. The Labute approximate surface area is 120 Å². The average Bonchev–Trinajstić information content (AvgIpc) is 2.82. The van der Waals surface area contributed by atoms with E-state index in [1.807, 2.05) is 18.4 Å². The first-order valence-corrected chi connectivity index (χ1v) is 6.82. The van der Waals surface area contributed by atoms with Gasteiger partial charge in [-0.1, -0.05) is 6.92 Å². The van der Waals surface area contributed by atoms with Gasteiger partial charge in [-0.25, -0.2) is 4.98 Å². The molecule has 2 unspecified atom stereocenters.